The molecule has 1 aromatic carbocycles. The van der Waals surface area contributed by atoms with Gasteiger partial charge in [0, 0.05) is 4.47 Å². The van der Waals surface area contributed by atoms with Gasteiger partial charge in [-0.05, 0) is 40.0 Å². The predicted molar refractivity (Wildman–Crippen MR) is 75.9 cm³/mol. The lowest BCUT2D eigenvalue weighted by atomic mass is 10.1. The lowest BCUT2D eigenvalue weighted by molar-refractivity contribution is 0.759. The molecule has 0 radical (unpaired) electrons. The van der Waals surface area contributed by atoms with Crippen LogP contribution < -0.4 is 5.56 Å². The van der Waals surface area contributed by atoms with Crippen molar-refractivity contribution in [3.63, 3.8) is 0 Å². The van der Waals surface area contributed by atoms with Gasteiger partial charge in [-0.2, -0.15) is 0 Å². The number of hydrogen-bond donors (Lipinski definition) is 1. The van der Waals surface area contributed by atoms with E-state index in [2.05, 4.69) is 37.0 Å². The average Bonchev–Trinajstić information content (AvgIpc) is 2.56. The summed E-state index contributed by atoms with van der Waals surface area (Å²) in [6.07, 6.45) is 0. The van der Waals surface area contributed by atoms with Gasteiger partial charge in [0.05, 0.1) is 11.4 Å². The molecule has 0 aliphatic heterocycles. The van der Waals surface area contributed by atoms with Gasteiger partial charge in [-0.1, -0.05) is 35.8 Å². The highest BCUT2D eigenvalue weighted by molar-refractivity contribution is 9.10. The number of nitrogens with zero attached hydrogens (tertiary/aromatic N) is 1. The van der Waals surface area contributed by atoms with Gasteiger partial charge in [-0.3, -0.25) is 9.89 Å². The van der Waals surface area contributed by atoms with Crippen LogP contribution in [0.5, 0.6) is 0 Å². The van der Waals surface area contributed by atoms with Crippen LogP contribution in [0.3, 0.4) is 0 Å². The van der Waals surface area contributed by atoms with E-state index >= 15 is 0 Å². The van der Waals surface area contributed by atoms with Gasteiger partial charge in [0.15, 0.2) is 0 Å². The van der Waals surface area contributed by atoms with Gasteiger partial charge in [-0.25, -0.2) is 4.68 Å². The number of aromatic nitrogens is 2. The summed E-state index contributed by atoms with van der Waals surface area (Å²) in [6, 6.07) is 7.61. The van der Waals surface area contributed by atoms with Gasteiger partial charge in [0.2, 0.25) is 0 Å². The molecule has 0 aliphatic rings. The van der Waals surface area contributed by atoms with Gasteiger partial charge in [0.25, 0.3) is 5.56 Å². The lowest BCUT2D eigenvalue weighted by Gasteiger charge is -2.03. The molecule has 0 fully saturated rings. The molecular weight excluding hydrogens is 348 g/mol. The quantitative estimate of drug-likeness (QED) is 0.869. The molecule has 0 aliphatic carbocycles. The first-order chi connectivity index (χ1) is 8.00. The molecule has 0 spiro atoms. The number of aromatic amines is 1. The van der Waals surface area contributed by atoms with Crippen molar-refractivity contribution >= 4 is 31.9 Å². The SMILES string of the molecule is CC(C)c1[nH]n(-c2cccc(Br)c2)c(=O)c1Br. The molecule has 0 atom stereocenters. The summed E-state index contributed by atoms with van der Waals surface area (Å²) in [7, 11) is 0. The van der Waals surface area contributed by atoms with E-state index < -0.39 is 0 Å². The van der Waals surface area contributed by atoms with Crippen LogP contribution in [0.1, 0.15) is 25.5 Å². The summed E-state index contributed by atoms with van der Waals surface area (Å²) in [6.45, 7) is 4.09. The Morgan fingerprint density at radius 2 is 2.00 bits per heavy atom. The molecule has 2 rings (SSSR count). The molecule has 1 N–H and O–H groups in total. The summed E-state index contributed by atoms with van der Waals surface area (Å²) in [4.78, 5) is 12.1. The van der Waals surface area contributed by atoms with E-state index in [4.69, 9.17) is 0 Å². The Morgan fingerprint density at radius 1 is 1.29 bits per heavy atom. The molecule has 0 saturated carbocycles. The summed E-state index contributed by atoms with van der Waals surface area (Å²) in [5.74, 6) is 0.269. The van der Waals surface area contributed by atoms with E-state index in [1.807, 2.05) is 38.1 Å². The Bertz CT molecular complexity index is 599. The lowest BCUT2D eigenvalue weighted by Crippen LogP contribution is -2.14. The fraction of sp³-hybridized carbons (Fsp3) is 0.250. The van der Waals surface area contributed by atoms with Crippen molar-refractivity contribution in [1.82, 2.24) is 9.78 Å². The molecule has 2 aromatic rings. The van der Waals surface area contributed by atoms with Crippen LogP contribution in [0.25, 0.3) is 5.69 Å². The Kier molecular flexibility index (Phi) is 3.58. The fourth-order valence-electron chi connectivity index (χ4n) is 1.61. The minimum absolute atomic E-state index is 0.0631. The van der Waals surface area contributed by atoms with E-state index in [1.54, 1.807) is 4.68 Å². The zero-order valence-electron chi connectivity index (χ0n) is 9.50. The van der Waals surface area contributed by atoms with Gasteiger partial charge in [-0.15, -0.1) is 0 Å². The number of H-pyrrole nitrogens is 1. The summed E-state index contributed by atoms with van der Waals surface area (Å²) < 4.78 is 3.09. The van der Waals surface area contributed by atoms with Crippen molar-refractivity contribution in [2.75, 3.05) is 0 Å². The normalized spacial score (nSPS) is 11.1. The first kappa shape index (κ1) is 12.6. The molecule has 0 bridgehead atoms. The van der Waals surface area contributed by atoms with Crippen molar-refractivity contribution in [3.05, 3.63) is 49.3 Å². The number of nitrogens with one attached hydrogen (secondary N) is 1. The van der Waals surface area contributed by atoms with Crippen LogP contribution >= 0.6 is 31.9 Å². The van der Waals surface area contributed by atoms with Crippen LogP contribution in [-0.2, 0) is 0 Å². The second kappa shape index (κ2) is 4.82. The minimum Gasteiger partial charge on any atom is -0.294 e. The third-order valence-corrected chi connectivity index (χ3v) is 3.76. The van der Waals surface area contributed by atoms with Crippen LogP contribution in [0.2, 0.25) is 0 Å². The standard InChI is InChI=1S/C12H12Br2N2O/c1-7(2)11-10(14)12(17)16(15-11)9-5-3-4-8(13)6-9/h3-7,15H,1-2H3. The second-order valence-corrected chi connectivity index (χ2v) is 5.82. The Labute approximate surface area is 116 Å². The fourth-order valence-corrected chi connectivity index (χ4v) is 2.72. The highest BCUT2D eigenvalue weighted by Crippen LogP contribution is 2.21. The molecule has 3 nitrogen and oxygen atoms in total. The third kappa shape index (κ3) is 2.40. The van der Waals surface area contributed by atoms with Crippen LogP contribution in [0.4, 0.5) is 0 Å². The topological polar surface area (TPSA) is 37.8 Å². The molecule has 17 heavy (non-hydrogen) atoms. The number of benzene rings is 1. The third-order valence-electron chi connectivity index (χ3n) is 2.50. The smallest absolute Gasteiger partial charge is 0.285 e. The highest BCUT2D eigenvalue weighted by atomic mass is 79.9. The molecule has 0 amide bonds. The van der Waals surface area contributed by atoms with Gasteiger partial charge >= 0.3 is 0 Å². The van der Waals surface area contributed by atoms with Crippen molar-refractivity contribution in [2.24, 2.45) is 0 Å². The van der Waals surface area contributed by atoms with Gasteiger partial charge < -0.3 is 0 Å². The first-order valence-corrected chi connectivity index (χ1v) is 6.85. The highest BCUT2D eigenvalue weighted by Gasteiger charge is 2.15. The van der Waals surface area contributed by atoms with Crippen LogP contribution in [0, 0.1) is 0 Å². The molecule has 5 heteroatoms. The first-order valence-electron chi connectivity index (χ1n) is 5.27. The Balaban J connectivity index is 2.61. The Hall–Kier alpha value is -0.810. The van der Waals surface area contributed by atoms with E-state index in [1.165, 1.54) is 0 Å². The average molecular weight is 360 g/mol. The number of halogens is 2. The van der Waals surface area contributed by atoms with Crippen LogP contribution in [-0.4, -0.2) is 9.78 Å². The van der Waals surface area contributed by atoms with E-state index in [9.17, 15) is 4.79 Å². The maximum absolute atomic E-state index is 12.1. The van der Waals surface area contributed by atoms with Crippen molar-refractivity contribution in [1.29, 1.82) is 0 Å². The van der Waals surface area contributed by atoms with Crippen molar-refractivity contribution in [2.45, 2.75) is 19.8 Å². The largest absolute Gasteiger partial charge is 0.294 e. The molecule has 0 unspecified atom stereocenters. The maximum Gasteiger partial charge on any atom is 0.285 e. The zero-order valence-corrected chi connectivity index (χ0v) is 12.7. The molecule has 90 valence electrons. The predicted octanol–water partition coefficient (Wildman–Crippen LogP) is 3.81. The van der Waals surface area contributed by atoms with Crippen LogP contribution in [0.15, 0.2) is 38.0 Å². The van der Waals surface area contributed by atoms with Crippen molar-refractivity contribution in [3.8, 4) is 5.69 Å². The zero-order chi connectivity index (χ0) is 12.6. The summed E-state index contributed by atoms with van der Waals surface area (Å²) >= 11 is 6.74. The molecular formula is C12H12Br2N2O. The number of hydrogen-bond acceptors (Lipinski definition) is 1. The molecule has 1 aromatic heterocycles. The summed E-state index contributed by atoms with van der Waals surface area (Å²) in [5, 5.41) is 3.13. The number of rotatable bonds is 2. The monoisotopic (exact) mass is 358 g/mol. The Morgan fingerprint density at radius 3 is 2.53 bits per heavy atom. The maximum atomic E-state index is 12.1. The minimum atomic E-state index is -0.0631. The van der Waals surface area contributed by atoms with E-state index in [0.29, 0.717) is 4.47 Å². The van der Waals surface area contributed by atoms with E-state index in [-0.39, 0.29) is 11.5 Å². The van der Waals surface area contributed by atoms with E-state index in [0.717, 1.165) is 15.9 Å². The van der Waals surface area contributed by atoms with Gasteiger partial charge in [0.1, 0.15) is 4.47 Å². The molecule has 0 saturated heterocycles. The second-order valence-electron chi connectivity index (χ2n) is 4.11. The van der Waals surface area contributed by atoms with Crippen molar-refractivity contribution < 1.29 is 0 Å². The summed E-state index contributed by atoms with van der Waals surface area (Å²) in [5.41, 5.74) is 1.67. The molecule has 1 heterocycles.